The number of carbonyl (C=O) groups excluding carboxylic acids is 1. The van der Waals surface area contributed by atoms with Crippen molar-refractivity contribution in [1.29, 1.82) is 0 Å². The highest BCUT2D eigenvalue weighted by Crippen LogP contribution is 2.25. The van der Waals surface area contributed by atoms with E-state index >= 15 is 0 Å². The molecule has 0 saturated carbocycles. The number of β-amino-alcohol motifs (C(OH)–C–C–N with tert-alkyl or cyclic N) is 1. The number of aliphatic hydroxyl groups is 1. The van der Waals surface area contributed by atoms with Gasteiger partial charge in [0, 0.05) is 39.1 Å². The molecule has 1 aliphatic rings. The Morgan fingerprint density at radius 1 is 1.13 bits per heavy atom. The minimum absolute atomic E-state index is 0.0890. The van der Waals surface area contributed by atoms with Crippen LogP contribution in [-0.2, 0) is 11.2 Å². The van der Waals surface area contributed by atoms with E-state index in [9.17, 15) is 9.90 Å². The predicted octanol–water partition coefficient (Wildman–Crippen LogP) is 2.48. The summed E-state index contributed by atoms with van der Waals surface area (Å²) in [6.07, 6.45) is -0.981. The molecule has 0 amide bonds. The highest BCUT2D eigenvalue weighted by Gasteiger charge is 2.21. The summed E-state index contributed by atoms with van der Waals surface area (Å²) >= 11 is 0. The van der Waals surface area contributed by atoms with Gasteiger partial charge in [-0.3, -0.25) is 14.6 Å². The fourth-order valence-electron chi connectivity index (χ4n) is 3.61. The van der Waals surface area contributed by atoms with Crippen LogP contribution in [-0.4, -0.2) is 79.7 Å². The summed E-state index contributed by atoms with van der Waals surface area (Å²) in [5.41, 5.74) is 1.32. The van der Waals surface area contributed by atoms with Crippen molar-refractivity contribution in [3.63, 3.8) is 0 Å². The molecule has 2 aromatic carbocycles. The third-order valence-electron chi connectivity index (χ3n) is 5.37. The van der Waals surface area contributed by atoms with Gasteiger partial charge in [0.2, 0.25) is 0 Å². The summed E-state index contributed by atoms with van der Waals surface area (Å²) in [6.45, 7) is 3.10. The topological polar surface area (TPSA) is 62.2 Å². The van der Waals surface area contributed by atoms with Crippen molar-refractivity contribution in [2.75, 3.05) is 52.9 Å². The van der Waals surface area contributed by atoms with Crippen LogP contribution in [0.2, 0.25) is 0 Å². The number of Topliss-reactive ketones (excluding diaryl/α,β-unsaturated/α-hetero) is 1. The highest BCUT2D eigenvalue weighted by atomic mass is 16.5. The zero-order chi connectivity index (χ0) is 26.6. The zero-order valence-electron chi connectivity index (χ0n) is 23.4. The molecule has 1 unspecified atom stereocenters. The third kappa shape index (κ3) is 6.79. The summed E-state index contributed by atoms with van der Waals surface area (Å²) in [4.78, 5) is 16.5. The zero-order valence-corrected chi connectivity index (χ0v) is 18.4. The molecule has 168 valence electrons. The molecule has 1 heterocycles. The van der Waals surface area contributed by atoms with Gasteiger partial charge >= 0.3 is 0 Å². The first-order valence-corrected chi connectivity index (χ1v) is 10.5. The lowest BCUT2D eigenvalue weighted by Gasteiger charge is -2.35. The Morgan fingerprint density at radius 2 is 1.74 bits per heavy atom. The fourth-order valence-corrected chi connectivity index (χ4v) is 3.61. The molecule has 1 atom stereocenters. The van der Waals surface area contributed by atoms with E-state index in [1.165, 1.54) is 4.90 Å². The lowest BCUT2D eigenvalue weighted by atomic mass is 9.98. The Balaban J connectivity index is 1.54. The van der Waals surface area contributed by atoms with Crippen LogP contribution in [0.1, 0.15) is 23.5 Å². The van der Waals surface area contributed by atoms with E-state index in [1.807, 2.05) is 17.0 Å². The molecular formula is C25H34N2O4. The number of hydrogen-bond acceptors (Lipinski definition) is 6. The molecule has 3 rings (SSSR count). The van der Waals surface area contributed by atoms with Gasteiger partial charge in [-0.2, -0.15) is 0 Å². The standard InChI is InChI=1S/C25H34N2O4/c1-19-7-6-8-20(2)23(19)15-21(28)16-26-11-13-27(14-12-26)17-22(29)18-31-25-10-5-4-9-24(25)30-3/h4-10,22,29H,11-18H2,1-3H3/i6D,7D,8D,16D2. The van der Waals surface area contributed by atoms with Gasteiger partial charge in [-0.15, -0.1) is 0 Å². The fraction of sp³-hybridized carbons (Fsp3) is 0.480. The summed E-state index contributed by atoms with van der Waals surface area (Å²) in [5, 5.41) is 10.4. The summed E-state index contributed by atoms with van der Waals surface area (Å²) in [5.74, 6) is 0.501. The highest BCUT2D eigenvalue weighted by molar-refractivity contribution is 5.83. The van der Waals surface area contributed by atoms with Crippen LogP contribution in [0.4, 0.5) is 0 Å². The van der Waals surface area contributed by atoms with E-state index < -0.39 is 18.4 Å². The van der Waals surface area contributed by atoms with Crippen LogP contribution in [0, 0.1) is 13.8 Å². The van der Waals surface area contributed by atoms with Crippen molar-refractivity contribution in [3.8, 4) is 11.5 Å². The molecule has 2 aromatic rings. The maximum Gasteiger partial charge on any atom is 0.161 e. The lowest BCUT2D eigenvalue weighted by molar-refractivity contribution is -0.120. The van der Waals surface area contributed by atoms with Crippen molar-refractivity contribution in [3.05, 3.63) is 59.1 Å². The first kappa shape index (κ1) is 17.2. The number of nitrogens with zero attached hydrogens (tertiary/aromatic N) is 2. The second-order valence-corrected chi connectivity index (χ2v) is 7.72. The normalized spacial score (nSPS) is 18.9. The van der Waals surface area contributed by atoms with Crippen LogP contribution in [0.3, 0.4) is 0 Å². The SMILES string of the molecule is [2H]c1c([2H])c(C)c(CC(=O)C([2H])([2H])N2CCN(CC(O)COc3ccccc3OC)CC2)c(C)c1[2H]. The number of hydrogen-bond donors (Lipinski definition) is 1. The Bertz CT molecular complexity index is 1060. The summed E-state index contributed by atoms with van der Waals surface area (Å²) in [6, 6.07) is 6.82. The third-order valence-corrected chi connectivity index (χ3v) is 5.37. The van der Waals surface area contributed by atoms with Gasteiger partial charge < -0.3 is 14.6 Å². The first-order chi connectivity index (χ1) is 17.0. The van der Waals surface area contributed by atoms with Crippen molar-refractivity contribution >= 4 is 5.78 Å². The average Bonchev–Trinajstić information content (AvgIpc) is 2.87. The number of ether oxygens (including phenoxy) is 2. The van der Waals surface area contributed by atoms with Crippen molar-refractivity contribution in [2.24, 2.45) is 0 Å². The monoisotopic (exact) mass is 431 g/mol. The maximum absolute atomic E-state index is 13.0. The second kappa shape index (κ2) is 11.3. The van der Waals surface area contributed by atoms with E-state index in [2.05, 4.69) is 0 Å². The smallest absolute Gasteiger partial charge is 0.161 e. The minimum atomic E-state index is -2.21. The van der Waals surface area contributed by atoms with Crippen molar-refractivity contribution in [2.45, 2.75) is 26.4 Å². The minimum Gasteiger partial charge on any atom is -0.493 e. The van der Waals surface area contributed by atoms with Crippen LogP contribution in [0.15, 0.2) is 42.4 Å². The van der Waals surface area contributed by atoms with Crippen LogP contribution < -0.4 is 9.47 Å². The van der Waals surface area contributed by atoms with Crippen molar-refractivity contribution < 1.29 is 26.2 Å². The molecule has 6 nitrogen and oxygen atoms in total. The van der Waals surface area contributed by atoms with Gasteiger partial charge in [0.15, 0.2) is 17.3 Å². The van der Waals surface area contributed by atoms with E-state index in [0.717, 1.165) is 0 Å². The molecule has 1 N–H and O–H groups in total. The van der Waals surface area contributed by atoms with E-state index in [0.29, 0.717) is 60.9 Å². The van der Waals surface area contributed by atoms with Gasteiger partial charge in [0.05, 0.1) is 20.5 Å². The van der Waals surface area contributed by atoms with Gasteiger partial charge in [0.1, 0.15) is 12.7 Å². The molecule has 0 radical (unpaired) electrons. The Kier molecular flexibility index (Phi) is 6.25. The average molecular weight is 432 g/mol. The van der Waals surface area contributed by atoms with Crippen LogP contribution in [0.25, 0.3) is 0 Å². The van der Waals surface area contributed by atoms with E-state index in [-0.39, 0.29) is 31.2 Å². The molecule has 1 fully saturated rings. The van der Waals surface area contributed by atoms with Crippen LogP contribution >= 0.6 is 0 Å². The van der Waals surface area contributed by atoms with Crippen molar-refractivity contribution in [1.82, 2.24) is 9.80 Å². The number of piperazine rings is 1. The van der Waals surface area contributed by atoms with E-state index in [1.54, 1.807) is 33.1 Å². The van der Waals surface area contributed by atoms with Gasteiger partial charge in [0.25, 0.3) is 0 Å². The number of rotatable bonds is 10. The number of aliphatic hydroxyl groups excluding tert-OH is 1. The summed E-state index contributed by atoms with van der Waals surface area (Å²) in [7, 11) is 1.55. The van der Waals surface area contributed by atoms with Gasteiger partial charge in [-0.05, 0) is 42.7 Å². The molecule has 0 bridgehead atoms. The largest absolute Gasteiger partial charge is 0.493 e. The molecule has 6 heteroatoms. The number of carbonyl (C=O) groups is 1. The number of methoxy groups -OCH3 is 1. The quantitative estimate of drug-likeness (QED) is 0.624. The Morgan fingerprint density at radius 3 is 2.39 bits per heavy atom. The summed E-state index contributed by atoms with van der Waals surface area (Å²) < 4.78 is 51.8. The molecule has 0 spiro atoms. The molecule has 1 aliphatic heterocycles. The molecular weight excluding hydrogens is 392 g/mol. The second-order valence-electron chi connectivity index (χ2n) is 7.72. The maximum atomic E-state index is 13.0. The molecule has 0 aliphatic carbocycles. The lowest BCUT2D eigenvalue weighted by Crippen LogP contribution is -2.50. The molecule has 1 saturated heterocycles. The molecule has 0 aromatic heterocycles. The van der Waals surface area contributed by atoms with Crippen LogP contribution in [0.5, 0.6) is 11.5 Å². The Hall–Kier alpha value is -2.41. The van der Waals surface area contributed by atoms with E-state index in [4.69, 9.17) is 16.3 Å². The number of benzene rings is 2. The van der Waals surface area contributed by atoms with Gasteiger partial charge in [-0.1, -0.05) is 30.3 Å². The Labute approximate surface area is 192 Å². The van der Waals surface area contributed by atoms with Gasteiger partial charge in [-0.25, -0.2) is 0 Å². The first-order valence-electron chi connectivity index (χ1n) is 13.0. The predicted molar refractivity (Wildman–Crippen MR) is 122 cm³/mol. The number of ketones is 1. The molecule has 31 heavy (non-hydrogen) atoms. The number of para-hydroxylation sites is 2.